The van der Waals surface area contributed by atoms with E-state index in [1.165, 1.54) is 36.1 Å². The lowest BCUT2D eigenvalue weighted by molar-refractivity contribution is -0.137. The van der Waals surface area contributed by atoms with Crippen molar-refractivity contribution >= 4 is 41.1 Å². The molecule has 2 aliphatic rings. The number of rotatable bonds is 6. The van der Waals surface area contributed by atoms with Crippen molar-refractivity contribution in [3.63, 3.8) is 0 Å². The highest BCUT2D eigenvalue weighted by Gasteiger charge is 2.48. The first kappa shape index (κ1) is 29.2. The van der Waals surface area contributed by atoms with Crippen LogP contribution >= 0.6 is 11.6 Å². The molecule has 13 heteroatoms. The van der Waals surface area contributed by atoms with E-state index >= 15 is 0 Å². The van der Waals surface area contributed by atoms with E-state index in [-0.39, 0.29) is 41.8 Å². The van der Waals surface area contributed by atoms with E-state index in [2.05, 4.69) is 5.32 Å². The molecule has 2 atom stereocenters. The number of alkyl halides is 2. The Morgan fingerprint density at radius 2 is 1.80 bits per heavy atom. The van der Waals surface area contributed by atoms with E-state index in [0.29, 0.717) is 0 Å². The van der Waals surface area contributed by atoms with Crippen LogP contribution in [0.5, 0.6) is 0 Å². The van der Waals surface area contributed by atoms with Gasteiger partial charge in [-0.2, -0.15) is 0 Å². The van der Waals surface area contributed by atoms with Crippen molar-refractivity contribution in [1.29, 1.82) is 0 Å². The van der Waals surface area contributed by atoms with E-state index in [9.17, 15) is 32.3 Å². The van der Waals surface area contributed by atoms with Gasteiger partial charge in [0.1, 0.15) is 17.9 Å². The maximum atomic E-state index is 14.5. The zero-order chi connectivity index (χ0) is 29.2. The monoisotopic (exact) mass is 580 g/mol. The number of nitrogens with zero attached hydrogens (tertiary/aromatic N) is 3. The number of hydrogen-bond donors (Lipinski definition) is 1. The second kappa shape index (κ2) is 11.7. The summed E-state index contributed by atoms with van der Waals surface area (Å²) in [5.74, 6) is -5.64. The summed E-state index contributed by atoms with van der Waals surface area (Å²) < 4.78 is 46.5. The molecule has 2 aromatic rings. The fraction of sp³-hybridized carbons (Fsp3) is 0.407. The molecule has 1 aliphatic heterocycles. The third-order valence-electron chi connectivity index (χ3n) is 6.99. The van der Waals surface area contributed by atoms with Gasteiger partial charge in [-0.3, -0.25) is 24.2 Å². The molecular weight excluding hydrogens is 553 g/mol. The van der Waals surface area contributed by atoms with E-state index in [1.54, 1.807) is 12.1 Å². The molecule has 4 rings (SSSR count). The first-order valence-corrected chi connectivity index (χ1v) is 12.9. The summed E-state index contributed by atoms with van der Waals surface area (Å²) in [4.78, 5) is 56.5. The topological polar surface area (TPSA) is 99.3 Å². The minimum absolute atomic E-state index is 0.0419. The minimum atomic E-state index is -2.92. The Bertz CT molecular complexity index is 1300. The van der Waals surface area contributed by atoms with Crippen molar-refractivity contribution in [1.82, 2.24) is 15.1 Å². The molecule has 1 saturated heterocycles. The lowest BCUT2D eigenvalue weighted by atomic mass is 9.87. The van der Waals surface area contributed by atoms with Crippen molar-refractivity contribution in [3.05, 3.63) is 64.9 Å². The molecule has 1 aliphatic carbocycles. The third-order valence-corrected chi connectivity index (χ3v) is 7.33. The second-order valence-corrected chi connectivity index (χ2v) is 10.1. The van der Waals surface area contributed by atoms with E-state index < -0.39 is 60.6 Å². The number of hydrogen-bond acceptors (Lipinski definition) is 5. The lowest BCUT2D eigenvalue weighted by Gasteiger charge is -2.43. The Labute approximate surface area is 233 Å². The van der Waals surface area contributed by atoms with Crippen LogP contribution in [0.4, 0.5) is 23.7 Å². The molecule has 214 valence electrons. The number of halogens is 4. The van der Waals surface area contributed by atoms with Crippen LogP contribution in [-0.2, 0) is 19.1 Å². The summed E-state index contributed by atoms with van der Waals surface area (Å²) in [6, 6.07) is 7.34. The van der Waals surface area contributed by atoms with Crippen LogP contribution < -0.4 is 10.2 Å². The van der Waals surface area contributed by atoms with E-state index in [0.717, 1.165) is 29.0 Å². The predicted molar refractivity (Wildman–Crippen MR) is 139 cm³/mol. The Balaban J connectivity index is 1.83. The van der Waals surface area contributed by atoms with Gasteiger partial charge in [0.2, 0.25) is 11.8 Å². The number of amides is 4. The van der Waals surface area contributed by atoms with Gasteiger partial charge in [0.05, 0.1) is 13.7 Å². The van der Waals surface area contributed by atoms with Gasteiger partial charge in [-0.1, -0.05) is 35.9 Å². The second-order valence-electron chi connectivity index (χ2n) is 9.73. The third kappa shape index (κ3) is 6.16. The SMILES string of the molecule is COC(=O)N1CCN(C(C)=O)CC1C(=O)N(c1cccc(F)c1)[C@H](C(=O)NC1CC(F)(F)C1)c1ccccc1Cl. The summed E-state index contributed by atoms with van der Waals surface area (Å²) in [7, 11) is 1.14. The number of piperazine rings is 1. The molecular formula is C27H28ClF3N4O5. The van der Waals surface area contributed by atoms with E-state index in [1.807, 2.05) is 0 Å². The van der Waals surface area contributed by atoms with Gasteiger partial charge < -0.3 is 15.0 Å². The zero-order valence-electron chi connectivity index (χ0n) is 21.8. The van der Waals surface area contributed by atoms with Gasteiger partial charge in [0.15, 0.2) is 0 Å². The largest absolute Gasteiger partial charge is 0.453 e. The molecule has 0 aromatic heterocycles. The minimum Gasteiger partial charge on any atom is -0.453 e. The Hall–Kier alpha value is -3.80. The first-order valence-electron chi connectivity index (χ1n) is 12.5. The fourth-order valence-corrected chi connectivity index (χ4v) is 5.18. The highest BCUT2D eigenvalue weighted by Crippen LogP contribution is 2.39. The number of anilines is 1. The Kier molecular flexibility index (Phi) is 8.57. The number of methoxy groups -OCH3 is 1. The molecule has 0 bridgehead atoms. The van der Waals surface area contributed by atoms with Gasteiger partial charge in [-0.25, -0.2) is 18.0 Å². The van der Waals surface area contributed by atoms with Crippen molar-refractivity contribution in [2.45, 2.75) is 43.8 Å². The molecule has 1 N–H and O–H groups in total. The average Bonchev–Trinajstić information content (AvgIpc) is 2.90. The van der Waals surface area contributed by atoms with Crippen LogP contribution in [0.1, 0.15) is 31.4 Å². The molecule has 1 heterocycles. The normalized spacial score (nSPS) is 19.3. The molecule has 4 amide bonds. The lowest BCUT2D eigenvalue weighted by Crippen LogP contribution is -2.63. The highest BCUT2D eigenvalue weighted by molar-refractivity contribution is 6.31. The molecule has 1 saturated carbocycles. The number of nitrogens with one attached hydrogen (secondary N) is 1. The summed E-state index contributed by atoms with van der Waals surface area (Å²) in [6.07, 6.45) is -1.99. The molecule has 2 aromatic carbocycles. The average molecular weight is 581 g/mol. The van der Waals surface area contributed by atoms with Crippen LogP contribution in [0.25, 0.3) is 0 Å². The highest BCUT2D eigenvalue weighted by atomic mass is 35.5. The predicted octanol–water partition coefficient (Wildman–Crippen LogP) is 3.77. The summed E-state index contributed by atoms with van der Waals surface area (Å²) in [5.41, 5.74) is 0.1000. The van der Waals surface area contributed by atoms with Gasteiger partial charge >= 0.3 is 6.09 Å². The number of carbonyl (C=O) groups is 4. The van der Waals surface area contributed by atoms with Crippen LogP contribution in [0.3, 0.4) is 0 Å². The standard InChI is InChI=1S/C27H28ClF3N4O5/c1-16(36)33-10-11-34(26(39)40-2)22(15-33)25(38)35(19-7-5-6-17(29)12-19)23(20-8-3-4-9-21(20)28)24(37)32-18-13-27(30,31)14-18/h3-9,12,18,22-23H,10-11,13-15H2,1-2H3,(H,32,37)/t22?,23-/m0/s1. The molecule has 1 unspecified atom stereocenters. The van der Waals surface area contributed by atoms with Gasteiger partial charge in [-0.15, -0.1) is 0 Å². The number of carbonyl (C=O) groups excluding carboxylic acids is 4. The Morgan fingerprint density at radius 3 is 2.40 bits per heavy atom. The first-order chi connectivity index (χ1) is 18.9. The van der Waals surface area contributed by atoms with Gasteiger partial charge in [-0.05, 0) is 24.3 Å². The van der Waals surface area contributed by atoms with Gasteiger partial charge in [0.25, 0.3) is 11.8 Å². The quantitative estimate of drug-likeness (QED) is 0.561. The van der Waals surface area contributed by atoms with Crippen LogP contribution in [-0.4, -0.2) is 78.4 Å². The number of ether oxygens (including phenoxy) is 1. The number of benzene rings is 2. The van der Waals surface area contributed by atoms with Crippen molar-refractivity contribution in [2.75, 3.05) is 31.6 Å². The zero-order valence-corrected chi connectivity index (χ0v) is 22.5. The van der Waals surface area contributed by atoms with Crippen molar-refractivity contribution in [3.8, 4) is 0 Å². The fourth-order valence-electron chi connectivity index (χ4n) is 4.94. The smallest absolute Gasteiger partial charge is 0.410 e. The summed E-state index contributed by atoms with van der Waals surface area (Å²) in [5, 5.41) is 2.65. The molecule has 0 spiro atoms. The molecule has 0 radical (unpaired) electrons. The summed E-state index contributed by atoms with van der Waals surface area (Å²) >= 11 is 6.46. The Morgan fingerprint density at radius 1 is 1.10 bits per heavy atom. The maximum absolute atomic E-state index is 14.5. The van der Waals surface area contributed by atoms with Crippen LogP contribution in [0.2, 0.25) is 5.02 Å². The van der Waals surface area contributed by atoms with Crippen LogP contribution in [0.15, 0.2) is 48.5 Å². The van der Waals surface area contributed by atoms with Crippen LogP contribution in [0, 0.1) is 5.82 Å². The van der Waals surface area contributed by atoms with E-state index in [4.69, 9.17) is 16.3 Å². The molecule has 40 heavy (non-hydrogen) atoms. The summed E-state index contributed by atoms with van der Waals surface area (Å²) in [6.45, 7) is 1.19. The molecule has 9 nitrogen and oxygen atoms in total. The maximum Gasteiger partial charge on any atom is 0.410 e. The van der Waals surface area contributed by atoms with Gasteiger partial charge in [0, 0.05) is 55.2 Å². The van der Waals surface area contributed by atoms with Crippen molar-refractivity contribution in [2.24, 2.45) is 0 Å². The molecule has 2 fully saturated rings. The van der Waals surface area contributed by atoms with Crippen molar-refractivity contribution < 1.29 is 37.1 Å².